The number of amides is 1. The molecule has 0 saturated carbocycles. The molecule has 0 unspecified atom stereocenters. The van der Waals surface area contributed by atoms with Gasteiger partial charge < -0.3 is 14.7 Å². The third kappa shape index (κ3) is 3.55. The third-order valence-electron chi connectivity index (χ3n) is 4.40. The molecule has 1 fully saturated rings. The van der Waals surface area contributed by atoms with Gasteiger partial charge in [0.25, 0.3) is 0 Å². The van der Waals surface area contributed by atoms with Crippen molar-refractivity contribution in [2.45, 2.75) is 32.4 Å². The van der Waals surface area contributed by atoms with Gasteiger partial charge in [0, 0.05) is 24.8 Å². The van der Waals surface area contributed by atoms with Gasteiger partial charge in [-0.2, -0.15) is 10.4 Å². The minimum atomic E-state index is -0.902. The monoisotopic (exact) mass is 341 g/mol. The lowest BCUT2D eigenvalue weighted by Crippen LogP contribution is -2.38. The molecule has 1 saturated heterocycles. The van der Waals surface area contributed by atoms with Crippen LogP contribution in [0.1, 0.15) is 35.8 Å². The first-order valence-corrected chi connectivity index (χ1v) is 8.09. The van der Waals surface area contributed by atoms with E-state index in [9.17, 15) is 10.1 Å². The third-order valence-corrected chi connectivity index (χ3v) is 4.40. The Labute approximate surface area is 145 Å². The number of carbonyl (C=O) groups is 1. The average Bonchev–Trinajstić information content (AvgIpc) is 3.04. The maximum Gasteiger partial charge on any atom is 0.407 e. The van der Waals surface area contributed by atoms with E-state index >= 15 is 0 Å². The zero-order valence-electron chi connectivity index (χ0n) is 13.9. The largest absolute Gasteiger partial charge is 0.487 e. The Morgan fingerprint density at radius 2 is 2.24 bits per heavy atom. The number of likely N-dealkylation sites (tertiary alicyclic amines) is 1. The van der Waals surface area contributed by atoms with Gasteiger partial charge in [0.2, 0.25) is 0 Å². The summed E-state index contributed by atoms with van der Waals surface area (Å²) in [5.74, 6) is 0.675. The van der Waals surface area contributed by atoms with Gasteiger partial charge >= 0.3 is 6.09 Å². The van der Waals surface area contributed by atoms with Crippen LogP contribution >= 0.6 is 0 Å². The molecule has 3 rings (SSSR count). The molecule has 2 aromatic rings. The van der Waals surface area contributed by atoms with E-state index in [2.05, 4.69) is 16.2 Å². The standard InChI is InChI=1S/C17H19N5O3/c1-12-16(3-2-6-19-12)25-11-13-10-20-22(15(13)9-18)14-4-7-21(8-5-14)17(23)24/h2-3,6,10,14H,4-5,7-8,11H2,1H3,(H,23,24). The van der Waals surface area contributed by atoms with Crippen molar-refractivity contribution in [2.24, 2.45) is 0 Å². The van der Waals surface area contributed by atoms with Crippen molar-refractivity contribution >= 4 is 6.09 Å². The van der Waals surface area contributed by atoms with Crippen molar-refractivity contribution in [3.05, 3.63) is 41.5 Å². The predicted molar refractivity (Wildman–Crippen MR) is 88.1 cm³/mol. The lowest BCUT2D eigenvalue weighted by Gasteiger charge is -2.30. The van der Waals surface area contributed by atoms with Crippen LogP contribution in [-0.4, -0.2) is 44.0 Å². The number of aromatic nitrogens is 3. The van der Waals surface area contributed by atoms with Gasteiger partial charge in [-0.25, -0.2) is 4.79 Å². The highest BCUT2D eigenvalue weighted by Gasteiger charge is 2.26. The number of ether oxygens (including phenoxy) is 1. The van der Waals surface area contributed by atoms with Gasteiger partial charge in [0.15, 0.2) is 0 Å². The minimum Gasteiger partial charge on any atom is -0.487 e. The summed E-state index contributed by atoms with van der Waals surface area (Å²) in [5, 5.41) is 22.9. The smallest absolute Gasteiger partial charge is 0.407 e. The fourth-order valence-electron chi connectivity index (χ4n) is 2.98. The van der Waals surface area contributed by atoms with Crippen molar-refractivity contribution in [1.82, 2.24) is 19.7 Å². The molecule has 1 N–H and O–H groups in total. The molecule has 0 bridgehead atoms. The van der Waals surface area contributed by atoms with Crippen LogP contribution in [-0.2, 0) is 6.61 Å². The maximum atomic E-state index is 11.0. The van der Waals surface area contributed by atoms with Gasteiger partial charge in [-0.15, -0.1) is 0 Å². The van der Waals surface area contributed by atoms with E-state index in [1.807, 2.05) is 13.0 Å². The molecular formula is C17H19N5O3. The highest BCUT2D eigenvalue weighted by atomic mass is 16.5. The maximum absolute atomic E-state index is 11.0. The molecule has 130 valence electrons. The van der Waals surface area contributed by atoms with Crippen molar-refractivity contribution in [3.63, 3.8) is 0 Å². The number of nitriles is 1. The van der Waals surface area contributed by atoms with E-state index < -0.39 is 6.09 Å². The molecule has 2 aromatic heterocycles. The molecule has 0 aromatic carbocycles. The highest BCUT2D eigenvalue weighted by molar-refractivity contribution is 5.65. The zero-order valence-corrected chi connectivity index (χ0v) is 13.9. The number of pyridine rings is 1. The Kier molecular flexibility index (Phi) is 4.84. The summed E-state index contributed by atoms with van der Waals surface area (Å²) in [5.41, 5.74) is 1.97. The number of nitrogens with zero attached hydrogens (tertiary/aromatic N) is 5. The van der Waals surface area contributed by atoms with Gasteiger partial charge in [-0.1, -0.05) is 0 Å². The zero-order chi connectivity index (χ0) is 17.8. The Morgan fingerprint density at radius 1 is 1.48 bits per heavy atom. The molecule has 1 aliphatic rings. The van der Waals surface area contributed by atoms with E-state index in [0.717, 1.165) is 5.69 Å². The van der Waals surface area contributed by atoms with Crippen molar-refractivity contribution in [1.29, 1.82) is 5.26 Å². The number of hydrogen-bond acceptors (Lipinski definition) is 5. The summed E-state index contributed by atoms with van der Waals surface area (Å²) in [4.78, 5) is 16.6. The Bertz CT molecular complexity index is 803. The first kappa shape index (κ1) is 16.8. The number of carboxylic acid groups (broad SMARTS) is 1. The fraction of sp³-hybridized carbons (Fsp3) is 0.412. The van der Waals surface area contributed by atoms with E-state index in [-0.39, 0.29) is 12.6 Å². The van der Waals surface area contributed by atoms with E-state index in [1.54, 1.807) is 23.1 Å². The van der Waals surface area contributed by atoms with E-state index in [1.165, 1.54) is 4.90 Å². The van der Waals surface area contributed by atoms with Crippen molar-refractivity contribution in [3.8, 4) is 11.8 Å². The lowest BCUT2D eigenvalue weighted by molar-refractivity contribution is 0.123. The molecule has 1 aliphatic heterocycles. The minimum absolute atomic E-state index is 0.0270. The molecule has 0 aliphatic carbocycles. The van der Waals surface area contributed by atoms with Gasteiger partial charge in [-0.05, 0) is 31.9 Å². The molecule has 0 atom stereocenters. The van der Waals surface area contributed by atoms with Crippen molar-refractivity contribution < 1.29 is 14.6 Å². The summed E-state index contributed by atoms with van der Waals surface area (Å²) in [7, 11) is 0. The Morgan fingerprint density at radius 3 is 2.88 bits per heavy atom. The number of hydrogen-bond donors (Lipinski definition) is 1. The van der Waals surface area contributed by atoms with Gasteiger partial charge in [0.05, 0.1) is 17.9 Å². The second kappa shape index (κ2) is 7.21. The average molecular weight is 341 g/mol. The molecule has 8 nitrogen and oxygen atoms in total. The Balaban J connectivity index is 1.71. The summed E-state index contributed by atoms with van der Waals surface area (Å²) in [6.07, 6.45) is 3.73. The molecule has 25 heavy (non-hydrogen) atoms. The molecule has 1 amide bonds. The van der Waals surface area contributed by atoms with Crippen LogP contribution < -0.4 is 4.74 Å². The lowest BCUT2D eigenvalue weighted by atomic mass is 10.1. The van der Waals surface area contributed by atoms with Crippen molar-refractivity contribution in [2.75, 3.05) is 13.1 Å². The van der Waals surface area contributed by atoms with Gasteiger partial charge in [-0.3, -0.25) is 9.67 Å². The second-order valence-corrected chi connectivity index (χ2v) is 5.95. The van der Waals surface area contributed by atoms with Crippen LogP contribution in [0.3, 0.4) is 0 Å². The summed E-state index contributed by atoms with van der Waals surface area (Å²) in [6.45, 7) is 3.00. The van der Waals surface area contributed by atoms with Crippen LogP contribution in [0.4, 0.5) is 4.79 Å². The highest BCUT2D eigenvalue weighted by Crippen LogP contribution is 2.25. The SMILES string of the molecule is Cc1ncccc1OCc1cnn(C2CCN(C(=O)O)CC2)c1C#N. The summed E-state index contributed by atoms with van der Waals surface area (Å²) >= 11 is 0. The molecule has 8 heteroatoms. The molecular weight excluding hydrogens is 322 g/mol. The Hall–Kier alpha value is -3.08. The topological polar surface area (TPSA) is 104 Å². The van der Waals surface area contributed by atoms with Crippen LogP contribution in [0.15, 0.2) is 24.5 Å². The van der Waals surface area contributed by atoms with Crippen LogP contribution in [0.2, 0.25) is 0 Å². The first-order valence-electron chi connectivity index (χ1n) is 8.09. The van der Waals surface area contributed by atoms with Crippen LogP contribution in [0.5, 0.6) is 5.75 Å². The predicted octanol–water partition coefficient (Wildman–Crippen LogP) is 2.35. The molecule has 0 spiro atoms. The summed E-state index contributed by atoms with van der Waals surface area (Å²) in [6, 6.07) is 5.86. The quantitative estimate of drug-likeness (QED) is 0.915. The van der Waals surface area contributed by atoms with E-state index in [0.29, 0.717) is 42.9 Å². The normalized spacial score (nSPS) is 15.0. The van der Waals surface area contributed by atoms with E-state index in [4.69, 9.17) is 9.84 Å². The van der Waals surface area contributed by atoms with Crippen LogP contribution in [0.25, 0.3) is 0 Å². The molecule has 3 heterocycles. The number of aryl methyl sites for hydroxylation is 1. The fourth-order valence-corrected chi connectivity index (χ4v) is 2.98. The van der Waals surface area contributed by atoms with Gasteiger partial charge in [0.1, 0.15) is 24.1 Å². The number of rotatable bonds is 4. The number of piperidine rings is 1. The van der Waals surface area contributed by atoms with Crippen LogP contribution in [0, 0.1) is 18.3 Å². The first-order chi connectivity index (χ1) is 12.1. The summed E-state index contributed by atoms with van der Waals surface area (Å²) < 4.78 is 7.46. The molecule has 0 radical (unpaired) electrons. The second-order valence-electron chi connectivity index (χ2n) is 5.95.